The lowest BCUT2D eigenvalue weighted by molar-refractivity contribution is -0.0759. The lowest BCUT2D eigenvalue weighted by Gasteiger charge is -2.38. The van der Waals surface area contributed by atoms with Crippen molar-refractivity contribution in [2.75, 3.05) is 79.3 Å². The average Bonchev–Trinajstić information content (AvgIpc) is 3.32. The van der Waals surface area contributed by atoms with Crippen molar-refractivity contribution in [2.45, 2.75) is 168 Å². The molecule has 6 heterocycles. The van der Waals surface area contributed by atoms with Crippen LogP contribution in [0.25, 0.3) is 0 Å². The van der Waals surface area contributed by atoms with Gasteiger partial charge in [-0.05, 0) is 63.2 Å². The highest BCUT2D eigenvalue weighted by molar-refractivity contribution is 5.62. The molecule has 18 heteroatoms. The predicted molar refractivity (Wildman–Crippen MR) is 256 cm³/mol. The van der Waals surface area contributed by atoms with E-state index in [9.17, 15) is 28.8 Å². The highest BCUT2D eigenvalue weighted by Crippen LogP contribution is 2.37. The fraction of sp³-hybridized carbons (Fsp3) is 0.882. The van der Waals surface area contributed by atoms with Crippen LogP contribution in [-0.4, -0.2) is 116 Å². The summed E-state index contributed by atoms with van der Waals surface area (Å²) in [7, 11) is 0. The van der Waals surface area contributed by atoms with Crippen molar-refractivity contribution in [1.82, 2.24) is 0 Å². The molecule has 0 radical (unpaired) electrons. The Labute approximate surface area is 412 Å². The van der Waals surface area contributed by atoms with E-state index in [-0.39, 0.29) is 32.5 Å². The van der Waals surface area contributed by atoms with E-state index in [1.165, 1.54) is 12.8 Å². The molecule has 6 aliphatic rings. The first-order valence-electron chi connectivity index (χ1n) is 25.1. The van der Waals surface area contributed by atoms with Crippen molar-refractivity contribution in [3.63, 3.8) is 0 Å². The summed E-state index contributed by atoms with van der Waals surface area (Å²) in [5.74, 6) is 1.20. The van der Waals surface area contributed by atoms with Crippen LogP contribution in [-0.2, 0) is 56.8 Å². The van der Waals surface area contributed by atoms with Crippen molar-refractivity contribution in [1.29, 1.82) is 0 Å². The van der Waals surface area contributed by atoms with Gasteiger partial charge < -0.3 is 56.8 Å². The van der Waals surface area contributed by atoms with Gasteiger partial charge in [-0.3, -0.25) is 0 Å². The Kier molecular flexibility index (Phi) is 27.6. The number of carbonyl (C=O) groups excluding carboxylic acids is 6. The van der Waals surface area contributed by atoms with Gasteiger partial charge in [0, 0.05) is 32.5 Å². The lowest BCUT2D eigenvalue weighted by atomic mass is 9.75. The molecule has 0 atom stereocenters. The number of rotatable bonds is 13. The van der Waals surface area contributed by atoms with Gasteiger partial charge >= 0.3 is 36.9 Å². The second-order valence-corrected chi connectivity index (χ2v) is 21.7. The maximum Gasteiger partial charge on any atom is 0.508 e. The van der Waals surface area contributed by atoms with E-state index < -0.39 is 36.9 Å². The van der Waals surface area contributed by atoms with Crippen molar-refractivity contribution >= 4 is 36.9 Å². The number of hydrogen-bond acceptors (Lipinski definition) is 18. The van der Waals surface area contributed by atoms with Crippen LogP contribution in [0.2, 0.25) is 0 Å². The molecule has 6 saturated heterocycles. The number of cyclic esters (lactones) is 12. The fourth-order valence-corrected chi connectivity index (χ4v) is 7.95. The topological polar surface area (TPSA) is 213 Å². The number of unbranched alkanes of at least 4 members (excludes halogenated alkanes) is 1. The van der Waals surface area contributed by atoms with E-state index in [4.69, 9.17) is 47.4 Å². The number of carbonyl (C=O) groups is 6. The average molecular weight is 991 g/mol. The van der Waals surface area contributed by atoms with Crippen LogP contribution in [0.4, 0.5) is 28.8 Å². The van der Waals surface area contributed by atoms with Gasteiger partial charge in [-0.15, -0.1) is 0 Å². The third-order valence-corrected chi connectivity index (χ3v) is 13.0. The molecule has 6 fully saturated rings. The Morgan fingerprint density at radius 3 is 0.913 bits per heavy atom. The second kappa shape index (κ2) is 30.4. The molecule has 69 heavy (non-hydrogen) atoms. The van der Waals surface area contributed by atoms with E-state index in [1.54, 1.807) is 0 Å². The third kappa shape index (κ3) is 24.8. The first kappa shape index (κ1) is 62.6. The molecule has 0 spiro atoms. The molecule has 0 saturated carbocycles. The smallest absolute Gasteiger partial charge is 0.434 e. The summed E-state index contributed by atoms with van der Waals surface area (Å²) < 4.78 is 57.8. The van der Waals surface area contributed by atoms with Gasteiger partial charge in [-0.2, -0.15) is 0 Å². The van der Waals surface area contributed by atoms with Crippen molar-refractivity contribution in [3.8, 4) is 0 Å². The monoisotopic (exact) mass is 991 g/mol. The minimum atomic E-state index is -0.547. The van der Waals surface area contributed by atoms with Crippen LogP contribution in [0.3, 0.4) is 0 Å². The van der Waals surface area contributed by atoms with Gasteiger partial charge in [0.05, 0.1) is 0 Å². The van der Waals surface area contributed by atoms with Crippen LogP contribution in [0.1, 0.15) is 168 Å². The minimum Gasteiger partial charge on any atom is -0.434 e. The molecule has 0 aromatic heterocycles. The van der Waals surface area contributed by atoms with E-state index >= 15 is 0 Å². The predicted octanol–water partition coefficient (Wildman–Crippen LogP) is 12.6. The number of ether oxygens (including phenoxy) is 12. The zero-order valence-corrected chi connectivity index (χ0v) is 44.8. The highest BCUT2D eigenvalue weighted by Gasteiger charge is 2.39. The van der Waals surface area contributed by atoms with Gasteiger partial charge in [0.1, 0.15) is 79.3 Å². The molecule has 0 bridgehead atoms. The Balaban J connectivity index is 0.000000417. The molecule has 0 aromatic carbocycles. The Bertz CT molecular complexity index is 1480. The second-order valence-electron chi connectivity index (χ2n) is 21.7. The van der Waals surface area contributed by atoms with Crippen LogP contribution < -0.4 is 0 Å². The van der Waals surface area contributed by atoms with Gasteiger partial charge in [0.25, 0.3) is 0 Å². The molecule has 0 N–H and O–H groups in total. The quantitative estimate of drug-likeness (QED) is 0.124. The normalized spacial score (nSPS) is 21.9. The standard InChI is InChI=1S/C12H22O3.C10H18O3.2C8H14O3.C7H12O3.C6H10O3/c1-9(2)5-12(6-10(3)4)7-14-11(13)15-8-12;1-3-5-6-10(4-2)7-12-9(11)13-8-10;1-3-4-8(2)5-10-7(9)11-6-8;1-3-8(4-2)5-10-7(9)11-6-8;1-3-7(2)4-9-6(8)10-5-7;1-6(2)3-8-5(7)9-4-6/h9-10H,5-8H2,1-4H3;3-8H2,1-2H3;2*3-6H2,1-2H3;3-5H2,1-2H3;3-4H2,1-2H3. The van der Waals surface area contributed by atoms with E-state index in [0.717, 1.165) is 57.8 Å². The molecule has 18 nitrogen and oxygen atoms in total. The summed E-state index contributed by atoms with van der Waals surface area (Å²) in [5, 5.41) is 0. The Morgan fingerprint density at radius 1 is 0.348 bits per heavy atom. The maximum absolute atomic E-state index is 10.9. The van der Waals surface area contributed by atoms with Crippen LogP contribution >= 0.6 is 0 Å². The van der Waals surface area contributed by atoms with Crippen LogP contribution in [0, 0.1) is 44.3 Å². The number of hydrogen-bond donors (Lipinski definition) is 0. The SMILES string of the molecule is CC(C)CC1(CC(C)C)COC(=O)OC1.CC1(C)COC(=O)OC1.CCC1(C)COC(=O)OC1.CCC1(CC)COC(=O)OC1.CCCC1(C)COC(=O)OC1.CCCCC1(CC)COC(=O)OC1. The summed E-state index contributed by atoms with van der Waals surface area (Å²) in [5.41, 5.74) is 0.276. The largest absolute Gasteiger partial charge is 0.508 e. The molecule has 0 amide bonds. The molecule has 402 valence electrons. The molecular formula is C51H90O18. The maximum atomic E-state index is 10.9. The highest BCUT2D eigenvalue weighted by atomic mass is 16.8. The fourth-order valence-electron chi connectivity index (χ4n) is 7.95. The van der Waals surface area contributed by atoms with Gasteiger partial charge in [0.15, 0.2) is 0 Å². The van der Waals surface area contributed by atoms with Crippen LogP contribution in [0.5, 0.6) is 0 Å². The first-order valence-corrected chi connectivity index (χ1v) is 25.1. The van der Waals surface area contributed by atoms with E-state index in [2.05, 4.69) is 85.6 Å². The minimum absolute atomic E-state index is 0.00604. The molecule has 0 unspecified atom stereocenters. The summed E-state index contributed by atoms with van der Waals surface area (Å²) >= 11 is 0. The lowest BCUT2D eigenvalue weighted by Crippen LogP contribution is -2.41. The van der Waals surface area contributed by atoms with Crippen molar-refractivity contribution in [3.05, 3.63) is 0 Å². The molecule has 6 aliphatic heterocycles. The summed E-state index contributed by atoms with van der Waals surface area (Å²) in [6, 6.07) is 0. The Morgan fingerprint density at radius 2 is 0.638 bits per heavy atom. The molecule has 6 rings (SSSR count). The van der Waals surface area contributed by atoms with Crippen molar-refractivity contribution < 1.29 is 85.6 Å². The molecule has 0 aliphatic carbocycles. The molecular weight excluding hydrogens is 901 g/mol. The summed E-state index contributed by atoms with van der Waals surface area (Å²) in [4.78, 5) is 63.4. The first-order chi connectivity index (χ1) is 32.3. The molecule has 0 aromatic rings. The zero-order valence-electron chi connectivity index (χ0n) is 44.8. The summed E-state index contributed by atoms with van der Waals surface area (Å²) in [6.45, 7) is 35.5. The van der Waals surface area contributed by atoms with E-state index in [1.807, 2.05) is 20.8 Å². The summed E-state index contributed by atoms with van der Waals surface area (Å²) in [6.07, 6.45) is 8.50. The van der Waals surface area contributed by atoms with Gasteiger partial charge in [0.2, 0.25) is 0 Å². The van der Waals surface area contributed by atoms with E-state index in [0.29, 0.717) is 91.1 Å². The zero-order chi connectivity index (χ0) is 52.4. The Hall–Kier alpha value is -4.38. The van der Waals surface area contributed by atoms with Gasteiger partial charge in [-0.25, -0.2) is 28.8 Å². The van der Waals surface area contributed by atoms with Crippen molar-refractivity contribution in [2.24, 2.45) is 44.3 Å². The van der Waals surface area contributed by atoms with Gasteiger partial charge in [-0.1, -0.05) is 116 Å². The van der Waals surface area contributed by atoms with Crippen LogP contribution in [0.15, 0.2) is 0 Å². The third-order valence-electron chi connectivity index (χ3n) is 13.0.